The number of amides is 1. The largest absolute Gasteiger partial charge is 0.405 e. The molecular formula is C14H18F3N3O. The minimum atomic E-state index is -4.37. The third-order valence-electron chi connectivity index (χ3n) is 3.40. The van der Waals surface area contributed by atoms with Crippen LogP contribution in [-0.4, -0.2) is 50.2 Å². The van der Waals surface area contributed by atoms with Gasteiger partial charge in [0.05, 0.1) is 6.54 Å². The van der Waals surface area contributed by atoms with Crippen molar-refractivity contribution in [3.05, 3.63) is 29.8 Å². The average molecular weight is 301 g/mol. The van der Waals surface area contributed by atoms with Gasteiger partial charge in [-0.15, -0.1) is 0 Å². The molecule has 0 spiro atoms. The zero-order valence-corrected chi connectivity index (χ0v) is 11.8. The summed E-state index contributed by atoms with van der Waals surface area (Å²) in [6.45, 7) is 0.600. The highest BCUT2D eigenvalue weighted by molar-refractivity contribution is 5.78. The molecule has 0 unspecified atom stereocenters. The summed E-state index contributed by atoms with van der Waals surface area (Å²) in [5.74, 6) is -0.602. The number of para-hydroxylation sites is 1. The number of hydrogen-bond acceptors (Lipinski definition) is 3. The van der Waals surface area contributed by atoms with Gasteiger partial charge >= 0.3 is 6.18 Å². The van der Waals surface area contributed by atoms with Crippen molar-refractivity contribution in [1.82, 2.24) is 10.2 Å². The molecule has 0 saturated carbocycles. The highest BCUT2D eigenvalue weighted by atomic mass is 19.4. The van der Waals surface area contributed by atoms with E-state index in [1.165, 1.54) is 0 Å². The molecule has 0 saturated heterocycles. The van der Waals surface area contributed by atoms with Gasteiger partial charge in [-0.25, -0.2) is 0 Å². The molecule has 0 atom stereocenters. The quantitative estimate of drug-likeness (QED) is 0.921. The van der Waals surface area contributed by atoms with Crippen LogP contribution >= 0.6 is 0 Å². The molecule has 1 aromatic carbocycles. The molecule has 1 aromatic rings. The highest BCUT2D eigenvalue weighted by Crippen LogP contribution is 2.23. The van der Waals surface area contributed by atoms with Crippen molar-refractivity contribution in [2.75, 3.05) is 38.1 Å². The number of halogens is 3. The van der Waals surface area contributed by atoms with Gasteiger partial charge < -0.3 is 10.2 Å². The lowest BCUT2D eigenvalue weighted by atomic mass is 10.1. The summed E-state index contributed by atoms with van der Waals surface area (Å²) in [7, 11) is 1.96. The fourth-order valence-corrected chi connectivity index (χ4v) is 2.34. The minimum absolute atomic E-state index is 0.0295. The van der Waals surface area contributed by atoms with E-state index in [-0.39, 0.29) is 6.54 Å². The smallest absolute Gasteiger partial charge is 0.373 e. The number of carbonyl (C=O) groups is 1. The van der Waals surface area contributed by atoms with Crippen molar-refractivity contribution in [3.63, 3.8) is 0 Å². The molecule has 4 nitrogen and oxygen atoms in total. The first kappa shape index (κ1) is 15.6. The van der Waals surface area contributed by atoms with E-state index >= 15 is 0 Å². The Kier molecular flexibility index (Phi) is 4.72. The second-order valence-electron chi connectivity index (χ2n) is 5.15. The average Bonchev–Trinajstić information content (AvgIpc) is 2.56. The third-order valence-corrected chi connectivity index (χ3v) is 3.40. The Morgan fingerprint density at radius 1 is 1.29 bits per heavy atom. The second-order valence-corrected chi connectivity index (χ2v) is 5.15. The standard InChI is InChI=1S/C14H18F3N3O/c1-19-6-7-20(8-11-4-2-3-5-12(11)19)9-13(21)18-10-14(15,16)17/h2-5H,6-10H2,1H3,(H,18,21). The predicted octanol–water partition coefficient (Wildman–Crippen LogP) is 1.62. The van der Waals surface area contributed by atoms with E-state index < -0.39 is 18.6 Å². The first-order valence-corrected chi connectivity index (χ1v) is 6.70. The highest BCUT2D eigenvalue weighted by Gasteiger charge is 2.28. The van der Waals surface area contributed by atoms with Gasteiger partial charge in [-0.3, -0.25) is 9.69 Å². The first-order chi connectivity index (χ1) is 9.85. The van der Waals surface area contributed by atoms with E-state index in [0.29, 0.717) is 13.1 Å². The summed E-state index contributed by atoms with van der Waals surface area (Å²) in [6.07, 6.45) is -4.37. The van der Waals surface area contributed by atoms with Crippen LogP contribution in [0.25, 0.3) is 0 Å². The molecule has 2 rings (SSSR count). The molecule has 7 heteroatoms. The maximum absolute atomic E-state index is 12.1. The van der Waals surface area contributed by atoms with Gasteiger partial charge in [-0.1, -0.05) is 18.2 Å². The van der Waals surface area contributed by atoms with Crippen LogP contribution in [0.5, 0.6) is 0 Å². The molecular weight excluding hydrogens is 283 g/mol. The van der Waals surface area contributed by atoms with Crippen LogP contribution in [0.3, 0.4) is 0 Å². The SMILES string of the molecule is CN1CCN(CC(=O)NCC(F)(F)F)Cc2ccccc21. The number of hydrogen-bond donors (Lipinski definition) is 1. The lowest BCUT2D eigenvalue weighted by Crippen LogP contribution is -2.41. The zero-order valence-electron chi connectivity index (χ0n) is 11.8. The number of rotatable bonds is 3. The minimum Gasteiger partial charge on any atom is -0.373 e. The van der Waals surface area contributed by atoms with E-state index in [4.69, 9.17) is 0 Å². The third kappa shape index (κ3) is 4.63. The van der Waals surface area contributed by atoms with E-state index in [9.17, 15) is 18.0 Å². The van der Waals surface area contributed by atoms with Crippen LogP contribution in [0.15, 0.2) is 24.3 Å². The Morgan fingerprint density at radius 2 is 2.00 bits per heavy atom. The van der Waals surface area contributed by atoms with Gasteiger partial charge in [0, 0.05) is 32.4 Å². The number of likely N-dealkylation sites (N-methyl/N-ethyl adjacent to an activating group) is 1. The van der Waals surface area contributed by atoms with Crippen LogP contribution < -0.4 is 10.2 Å². The molecule has 21 heavy (non-hydrogen) atoms. The predicted molar refractivity (Wildman–Crippen MR) is 74.1 cm³/mol. The van der Waals surface area contributed by atoms with Gasteiger partial charge in [-0.2, -0.15) is 13.2 Å². The van der Waals surface area contributed by atoms with Crippen molar-refractivity contribution in [2.45, 2.75) is 12.7 Å². The Hall–Kier alpha value is -1.76. The molecule has 1 heterocycles. The second kappa shape index (κ2) is 6.34. The Labute approximate surface area is 121 Å². The van der Waals surface area contributed by atoms with Crippen molar-refractivity contribution < 1.29 is 18.0 Å². The van der Waals surface area contributed by atoms with Crippen LogP contribution in [-0.2, 0) is 11.3 Å². The van der Waals surface area contributed by atoms with Crippen LogP contribution in [0.1, 0.15) is 5.56 Å². The molecule has 1 aliphatic rings. The Bertz CT molecular complexity index is 504. The maximum Gasteiger partial charge on any atom is 0.405 e. The summed E-state index contributed by atoms with van der Waals surface area (Å²) < 4.78 is 36.2. The molecule has 0 aliphatic carbocycles. The number of nitrogens with zero attached hydrogens (tertiary/aromatic N) is 2. The summed E-state index contributed by atoms with van der Waals surface area (Å²) >= 11 is 0. The summed E-state index contributed by atoms with van der Waals surface area (Å²) in [6, 6.07) is 7.83. The van der Waals surface area contributed by atoms with Crippen molar-refractivity contribution in [1.29, 1.82) is 0 Å². The summed E-state index contributed by atoms with van der Waals surface area (Å²) in [5.41, 5.74) is 2.16. The van der Waals surface area contributed by atoms with Crippen LogP contribution in [0.2, 0.25) is 0 Å². The molecule has 0 fully saturated rings. The zero-order chi connectivity index (χ0) is 15.5. The maximum atomic E-state index is 12.1. The van der Waals surface area contributed by atoms with Crippen molar-refractivity contribution in [3.8, 4) is 0 Å². The van der Waals surface area contributed by atoms with Crippen LogP contribution in [0.4, 0.5) is 18.9 Å². The van der Waals surface area contributed by atoms with E-state index in [2.05, 4.69) is 4.90 Å². The molecule has 116 valence electrons. The summed E-state index contributed by atoms with van der Waals surface area (Å²) in [4.78, 5) is 15.5. The van der Waals surface area contributed by atoms with E-state index in [1.807, 2.05) is 41.5 Å². The number of anilines is 1. The van der Waals surface area contributed by atoms with Gasteiger partial charge in [0.25, 0.3) is 0 Å². The number of carbonyl (C=O) groups excluding carboxylic acids is 1. The van der Waals surface area contributed by atoms with Crippen LogP contribution in [0, 0.1) is 0 Å². The molecule has 0 radical (unpaired) electrons. The van der Waals surface area contributed by atoms with Gasteiger partial charge in [0.15, 0.2) is 0 Å². The van der Waals surface area contributed by atoms with Gasteiger partial charge in [0.1, 0.15) is 6.54 Å². The Balaban J connectivity index is 1.95. The van der Waals surface area contributed by atoms with Crippen molar-refractivity contribution >= 4 is 11.6 Å². The normalized spacial score (nSPS) is 16.3. The molecule has 1 amide bonds. The Morgan fingerprint density at radius 3 is 2.71 bits per heavy atom. The topological polar surface area (TPSA) is 35.6 Å². The molecule has 0 aromatic heterocycles. The molecule has 1 N–H and O–H groups in total. The number of nitrogens with one attached hydrogen (secondary N) is 1. The summed E-state index contributed by atoms with van der Waals surface area (Å²) in [5, 5.41) is 1.91. The molecule has 0 bridgehead atoms. The van der Waals surface area contributed by atoms with Gasteiger partial charge in [0.2, 0.25) is 5.91 Å². The van der Waals surface area contributed by atoms with E-state index in [1.54, 1.807) is 0 Å². The first-order valence-electron chi connectivity index (χ1n) is 6.70. The van der Waals surface area contributed by atoms with Crippen molar-refractivity contribution in [2.24, 2.45) is 0 Å². The van der Waals surface area contributed by atoms with Gasteiger partial charge in [-0.05, 0) is 11.6 Å². The monoisotopic (exact) mass is 301 g/mol. The number of benzene rings is 1. The number of alkyl halides is 3. The number of fused-ring (bicyclic) bond motifs is 1. The van der Waals surface area contributed by atoms with E-state index in [0.717, 1.165) is 17.8 Å². The molecule has 1 aliphatic heterocycles. The fourth-order valence-electron chi connectivity index (χ4n) is 2.34. The fraction of sp³-hybridized carbons (Fsp3) is 0.500. The lowest BCUT2D eigenvalue weighted by Gasteiger charge is -2.20. The lowest BCUT2D eigenvalue weighted by molar-refractivity contribution is -0.139.